The molecule has 1 aromatic heterocycles. The Bertz CT molecular complexity index is 1310. The van der Waals surface area contributed by atoms with E-state index >= 15 is 0 Å². The van der Waals surface area contributed by atoms with Crippen LogP contribution in [0.5, 0.6) is 11.5 Å². The Hall–Kier alpha value is -3.92. The second kappa shape index (κ2) is 12.5. The van der Waals surface area contributed by atoms with Crippen molar-refractivity contribution in [3.8, 4) is 23.6 Å². The lowest BCUT2D eigenvalue weighted by Gasteiger charge is -2.15. The fourth-order valence-corrected chi connectivity index (χ4v) is 3.93. The van der Waals surface area contributed by atoms with Gasteiger partial charge in [0.1, 0.15) is 18.2 Å². The third-order valence-corrected chi connectivity index (χ3v) is 5.46. The molecule has 0 aliphatic heterocycles. The minimum absolute atomic E-state index is 0.219. The van der Waals surface area contributed by atoms with Crippen molar-refractivity contribution in [3.05, 3.63) is 80.4 Å². The number of aryl methyl sites for hydroxylation is 1. The topological polar surface area (TPSA) is 113 Å². The highest BCUT2D eigenvalue weighted by atomic mass is 79.9. The molecule has 0 bridgehead atoms. The number of methoxy groups -OCH3 is 1. The molecule has 0 amide bonds. The van der Waals surface area contributed by atoms with Crippen LogP contribution in [0.1, 0.15) is 40.4 Å². The molecule has 0 atom stereocenters. The molecule has 0 saturated heterocycles. The first-order valence-electron chi connectivity index (χ1n) is 10.8. The summed E-state index contributed by atoms with van der Waals surface area (Å²) in [6, 6.07) is 17.1. The number of benzene rings is 2. The van der Waals surface area contributed by atoms with Gasteiger partial charge < -0.3 is 14.2 Å². The maximum absolute atomic E-state index is 9.57. The average molecular weight is 534 g/mol. The first-order valence-corrected chi connectivity index (χ1v) is 11.6. The quantitative estimate of drug-likeness (QED) is 0.271. The van der Waals surface area contributed by atoms with Crippen molar-refractivity contribution in [2.24, 2.45) is 5.10 Å². The van der Waals surface area contributed by atoms with E-state index in [0.717, 1.165) is 22.4 Å². The van der Waals surface area contributed by atoms with Gasteiger partial charge in [0, 0.05) is 23.9 Å². The summed E-state index contributed by atoms with van der Waals surface area (Å²) in [4.78, 5) is 4.38. The SMILES string of the molecule is CCOc1cc(/C=N\Nc2nc(C)cc(COC)c2C#N)cc(Br)c1OCc1ccccc1C#N. The molecule has 0 fully saturated rings. The summed E-state index contributed by atoms with van der Waals surface area (Å²) < 4.78 is 17.7. The average Bonchev–Trinajstić information content (AvgIpc) is 2.84. The normalized spacial score (nSPS) is 10.6. The Kier molecular flexibility index (Phi) is 9.19. The Balaban J connectivity index is 1.83. The lowest BCUT2D eigenvalue weighted by Crippen LogP contribution is -2.04. The summed E-state index contributed by atoms with van der Waals surface area (Å²) >= 11 is 3.55. The molecule has 0 spiro atoms. The monoisotopic (exact) mass is 533 g/mol. The van der Waals surface area contributed by atoms with Crippen molar-refractivity contribution in [3.63, 3.8) is 0 Å². The van der Waals surface area contributed by atoms with Crippen LogP contribution in [-0.4, -0.2) is 24.9 Å². The number of pyridine rings is 1. The van der Waals surface area contributed by atoms with Gasteiger partial charge in [0.25, 0.3) is 0 Å². The van der Waals surface area contributed by atoms with Gasteiger partial charge in [-0.2, -0.15) is 15.6 Å². The molecule has 8 nitrogen and oxygen atoms in total. The van der Waals surface area contributed by atoms with E-state index < -0.39 is 0 Å². The number of nitrogens with one attached hydrogen (secondary N) is 1. The van der Waals surface area contributed by atoms with E-state index in [1.165, 1.54) is 0 Å². The molecular weight excluding hydrogens is 510 g/mol. The maximum atomic E-state index is 9.57. The Labute approximate surface area is 212 Å². The van der Waals surface area contributed by atoms with E-state index in [1.807, 2.05) is 44.2 Å². The molecule has 35 heavy (non-hydrogen) atoms. The van der Waals surface area contributed by atoms with E-state index in [0.29, 0.717) is 46.1 Å². The van der Waals surface area contributed by atoms with Crippen molar-refractivity contribution < 1.29 is 14.2 Å². The number of rotatable bonds is 10. The number of aromatic nitrogens is 1. The standard InChI is InChI=1S/C26H24BrN5O3/c1-4-34-24-11-18(10-23(27)25(24)35-16-20-8-6-5-7-19(20)12-28)14-30-32-26-22(13-29)21(15-33-3)9-17(2)31-26/h5-11,14H,4,15-16H2,1-3H3,(H,31,32)/b30-14-. The number of anilines is 1. The first-order chi connectivity index (χ1) is 17.0. The third kappa shape index (κ3) is 6.57. The lowest BCUT2D eigenvalue weighted by molar-refractivity contribution is 0.184. The van der Waals surface area contributed by atoms with Gasteiger partial charge in [0.2, 0.25) is 0 Å². The minimum atomic E-state index is 0.219. The van der Waals surface area contributed by atoms with Gasteiger partial charge in [0.05, 0.1) is 35.5 Å². The van der Waals surface area contributed by atoms with E-state index in [4.69, 9.17) is 14.2 Å². The molecule has 1 heterocycles. The van der Waals surface area contributed by atoms with Crippen molar-refractivity contribution in [1.29, 1.82) is 10.5 Å². The Morgan fingerprint density at radius 3 is 2.60 bits per heavy atom. The number of nitriles is 2. The highest BCUT2D eigenvalue weighted by molar-refractivity contribution is 9.10. The fourth-order valence-electron chi connectivity index (χ4n) is 3.35. The minimum Gasteiger partial charge on any atom is -0.490 e. The predicted molar refractivity (Wildman–Crippen MR) is 136 cm³/mol. The zero-order valence-corrected chi connectivity index (χ0v) is 21.2. The fraction of sp³-hybridized carbons (Fsp3) is 0.231. The lowest BCUT2D eigenvalue weighted by atomic mass is 10.1. The van der Waals surface area contributed by atoms with Crippen LogP contribution in [0.2, 0.25) is 0 Å². The van der Waals surface area contributed by atoms with Gasteiger partial charge in [0.15, 0.2) is 17.3 Å². The molecule has 9 heteroatoms. The van der Waals surface area contributed by atoms with Gasteiger partial charge in [-0.25, -0.2) is 4.98 Å². The molecular formula is C26H24BrN5O3. The van der Waals surface area contributed by atoms with E-state index in [-0.39, 0.29) is 6.61 Å². The van der Waals surface area contributed by atoms with Crippen LogP contribution in [0.4, 0.5) is 5.82 Å². The molecule has 1 N–H and O–H groups in total. The van der Waals surface area contributed by atoms with Gasteiger partial charge in [-0.05, 0) is 59.6 Å². The highest BCUT2D eigenvalue weighted by Crippen LogP contribution is 2.37. The molecule has 2 aromatic carbocycles. The Morgan fingerprint density at radius 1 is 1.09 bits per heavy atom. The molecule has 178 valence electrons. The molecule has 3 rings (SSSR count). The number of hydrogen-bond donors (Lipinski definition) is 1. The van der Waals surface area contributed by atoms with Crippen LogP contribution in [-0.2, 0) is 18.0 Å². The van der Waals surface area contributed by atoms with E-state index in [2.05, 4.69) is 43.6 Å². The number of halogens is 1. The second-order valence-electron chi connectivity index (χ2n) is 7.38. The van der Waals surface area contributed by atoms with Gasteiger partial charge in [-0.3, -0.25) is 5.43 Å². The predicted octanol–water partition coefficient (Wildman–Crippen LogP) is 5.47. The van der Waals surface area contributed by atoms with E-state index in [9.17, 15) is 10.5 Å². The number of ether oxygens (including phenoxy) is 3. The zero-order chi connectivity index (χ0) is 25.2. The molecule has 0 saturated carbocycles. The first kappa shape index (κ1) is 25.7. The van der Waals surface area contributed by atoms with Crippen molar-refractivity contribution in [2.75, 3.05) is 19.1 Å². The van der Waals surface area contributed by atoms with Crippen LogP contribution >= 0.6 is 15.9 Å². The van der Waals surface area contributed by atoms with Crippen LogP contribution in [0.3, 0.4) is 0 Å². The smallest absolute Gasteiger partial charge is 0.175 e. The molecule has 3 aromatic rings. The summed E-state index contributed by atoms with van der Waals surface area (Å²) in [7, 11) is 1.58. The van der Waals surface area contributed by atoms with Gasteiger partial charge in [-0.1, -0.05) is 18.2 Å². The van der Waals surface area contributed by atoms with Gasteiger partial charge >= 0.3 is 0 Å². The van der Waals surface area contributed by atoms with Crippen molar-refractivity contribution in [1.82, 2.24) is 4.98 Å². The Morgan fingerprint density at radius 2 is 1.89 bits per heavy atom. The maximum Gasteiger partial charge on any atom is 0.175 e. The third-order valence-electron chi connectivity index (χ3n) is 4.87. The molecule has 0 aliphatic rings. The summed E-state index contributed by atoms with van der Waals surface area (Å²) in [6.07, 6.45) is 1.60. The molecule has 0 radical (unpaired) electrons. The second-order valence-corrected chi connectivity index (χ2v) is 8.24. The molecule has 0 aliphatic carbocycles. The summed E-state index contributed by atoms with van der Waals surface area (Å²) in [5.41, 5.74) is 6.81. The molecule has 0 unspecified atom stereocenters. The van der Waals surface area contributed by atoms with Crippen LogP contribution in [0, 0.1) is 29.6 Å². The van der Waals surface area contributed by atoms with Gasteiger partial charge in [-0.15, -0.1) is 0 Å². The summed E-state index contributed by atoms with van der Waals surface area (Å²) in [5.74, 6) is 1.42. The van der Waals surface area contributed by atoms with Crippen molar-refractivity contribution >= 4 is 28.0 Å². The zero-order valence-electron chi connectivity index (χ0n) is 19.6. The summed E-state index contributed by atoms with van der Waals surface area (Å²) in [6.45, 7) is 4.69. The number of hydrogen-bond acceptors (Lipinski definition) is 8. The van der Waals surface area contributed by atoms with E-state index in [1.54, 1.807) is 25.5 Å². The largest absolute Gasteiger partial charge is 0.490 e. The number of nitrogens with zero attached hydrogens (tertiary/aromatic N) is 4. The number of hydrazone groups is 1. The van der Waals surface area contributed by atoms with Crippen molar-refractivity contribution in [2.45, 2.75) is 27.1 Å². The van der Waals surface area contributed by atoms with Crippen LogP contribution in [0.25, 0.3) is 0 Å². The highest BCUT2D eigenvalue weighted by Gasteiger charge is 2.14. The summed E-state index contributed by atoms with van der Waals surface area (Å²) in [5, 5.41) is 23.1. The van der Waals surface area contributed by atoms with Crippen LogP contribution in [0.15, 0.2) is 52.0 Å². The van der Waals surface area contributed by atoms with Crippen LogP contribution < -0.4 is 14.9 Å².